The molecule has 0 radical (unpaired) electrons. The van der Waals surface area contributed by atoms with Crippen molar-refractivity contribution in [2.24, 2.45) is 0 Å². The third-order valence-electron chi connectivity index (χ3n) is 2.20. The molecule has 0 fully saturated rings. The summed E-state index contributed by atoms with van der Waals surface area (Å²) in [5.74, 6) is 0.0953. The second kappa shape index (κ2) is 3.30. The predicted octanol–water partition coefficient (Wildman–Crippen LogP) is 0.693. The van der Waals surface area contributed by atoms with E-state index in [1.54, 1.807) is 6.92 Å². The van der Waals surface area contributed by atoms with E-state index in [4.69, 9.17) is 5.11 Å². The molecule has 1 N–H and O–H groups in total. The Morgan fingerprint density at radius 3 is 2.93 bits per heavy atom. The van der Waals surface area contributed by atoms with Crippen molar-refractivity contribution in [1.29, 1.82) is 0 Å². The first-order valence-electron chi connectivity index (χ1n) is 4.58. The van der Waals surface area contributed by atoms with Gasteiger partial charge in [0.2, 0.25) is 0 Å². The van der Waals surface area contributed by atoms with E-state index < -0.39 is 5.97 Å². The van der Waals surface area contributed by atoms with Gasteiger partial charge in [-0.05, 0) is 6.92 Å². The molecule has 0 spiro atoms. The minimum Gasteiger partial charge on any atom is -0.478 e. The Kier molecular flexibility index (Phi) is 2.11. The van der Waals surface area contributed by atoms with Gasteiger partial charge in [0.05, 0.1) is 11.3 Å². The smallest absolute Gasteiger partial charge is 0.339 e. The van der Waals surface area contributed by atoms with Crippen LogP contribution in [0.15, 0.2) is 6.20 Å². The largest absolute Gasteiger partial charge is 0.478 e. The molecule has 0 atom stereocenters. The molecule has 2 aromatic rings. The van der Waals surface area contributed by atoms with Crippen LogP contribution in [0, 0.1) is 6.92 Å². The predicted molar refractivity (Wildman–Crippen MR) is 51.9 cm³/mol. The van der Waals surface area contributed by atoms with Crippen molar-refractivity contribution < 1.29 is 9.90 Å². The Balaban J connectivity index is 2.72. The van der Waals surface area contributed by atoms with E-state index in [-0.39, 0.29) is 5.56 Å². The fourth-order valence-corrected chi connectivity index (χ4v) is 1.34. The molecule has 0 aliphatic heterocycles. The maximum absolute atomic E-state index is 10.8. The average Bonchev–Trinajstić information content (AvgIpc) is 2.61. The molecule has 0 aliphatic carbocycles. The van der Waals surface area contributed by atoms with Gasteiger partial charge < -0.3 is 5.11 Å². The summed E-state index contributed by atoms with van der Waals surface area (Å²) in [7, 11) is 0. The van der Waals surface area contributed by atoms with Crippen molar-refractivity contribution in [3.8, 4) is 0 Å². The summed E-state index contributed by atoms with van der Waals surface area (Å²) in [5, 5.41) is 13.0. The van der Waals surface area contributed by atoms with Gasteiger partial charge in [0.25, 0.3) is 5.78 Å². The van der Waals surface area contributed by atoms with E-state index >= 15 is 0 Å². The molecule has 2 heterocycles. The summed E-state index contributed by atoms with van der Waals surface area (Å²) in [6, 6.07) is 0. The molecule has 0 unspecified atom stereocenters. The lowest BCUT2D eigenvalue weighted by Crippen LogP contribution is -2.07. The molecule has 6 nitrogen and oxygen atoms in total. The lowest BCUT2D eigenvalue weighted by molar-refractivity contribution is 0.0695. The van der Waals surface area contributed by atoms with E-state index in [1.165, 1.54) is 10.7 Å². The maximum Gasteiger partial charge on any atom is 0.339 e. The van der Waals surface area contributed by atoms with Crippen LogP contribution in [0.3, 0.4) is 0 Å². The highest BCUT2D eigenvalue weighted by Gasteiger charge is 2.13. The molecular formula is C9H10N4O2. The zero-order valence-corrected chi connectivity index (χ0v) is 8.43. The number of carboxylic acid groups (broad SMARTS) is 1. The summed E-state index contributed by atoms with van der Waals surface area (Å²) in [6.45, 7) is 3.62. The van der Waals surface area contributed by atoms with Gasteiger partial charge in [-0.2, -0.15) is 4.98 Å². The van der Waals surface area contributed by atoms with Crippen molar-refractivity contribution in [2.45, 2.75) is 20.3 Å². The van der Waals surface area contributed by atoms with Crippen molar-refractivity contribution in [3.05, 3.63) is 23.3 Å². The van der Waals surface area contributed by atoms with Gasteiger partial charge in [-0.1, -0.05) is 6.92 Å². The standard InChI is InChI=1S/C9H10N4O2/c1-3-7-11-9-10-4-6(8(14)15)5(2)13(9)12-7/h4H,3H2,1-2H3,(H,14,15). The molecule has 0 aromatic carbocycles. The Morgan fingerprint density at radius 1 is 1.60 bits per heavy atom. The number of carboxylic acids is 1. The summed E-state index contributed by atoms with van der Waals surface area (Å²) in [4.78, 5) is 18.9. The average molecular weight is 206 g/mol. The van der Waals surface area contributed by atoms with Crippen LogP contribution in [-0.4, -0.2) is 30.7 Å². The van der Waals surface area contributed by atoms with Crippen LogP contribution in [0.2, 0.25) is 0 Å². The zero-order valence-electron chi connectivity index (χ0n) is 8.43. The highest BCUT2D eigenvalue weighted by molar-refractivity contribution is 5.88. The number of aryl methyl sites for hydroxylation is 2. The Hall–Kier alpha value is -1.98. The number of hydrogen-bond acceptors (Lipinski definition) is 4. The molecule has 6 heteroatoms. The van der Waals surface area contributed by atoms with Crippen molar-refractivity contribution in [2.75, 3.05) is 0 Å². The molecule has 78 valence electrons. The van der Waals surface area contributed by atoms with Crippen molar-refractivity contribution >= 4 is 11.7 Å². The fraction of sp³-hybridized carbons (Fsp3) is 0.333. The number of aromatic nitrogens is 4. The lowest BCUT2D eigenvalue weighted by atomic mass is 10.2. The molecular weight excluding hydrogens is 196 g/mol. The first kappa shape index (κ1) is 9.57. The van der Waals surface area contributed by atoms with Crippen LogP contribution in [-0.2, 0) is 6.42 Å². The van der Waals surface area contributed by atoms with Crippen molar-refractivity contribution in [1.82, 2.24) is 19.6 Å². The second-order valence-corrected chi connectivity index (χ2v) is 3.16. The molecule has 0 aliphatic rings. The van der Waals surface area contributed by atoms with Gasteiger partial charge in [0.1, 0.15) is 0 Å². The monoisotopic (exact) mass is 206 g/mol. The molecule has 0 amide bonds. The van der Waals surface area contributed by atoms with Gasteiger partial charge in [0.15, 0.2) is 5.82 Å². The van der Waals surface area contributed by atoms with Gasteiger partial charge >= 0.3 is 5.97 Å². The third kappa shape index (κ3) is 1.43. The van der Waals surface area contributed by atoms with E-state index in [0.717, 1.165) is 0 Å². The Bertz CT molecular complexity index is 532. The SMILES string of the molecule is CCc1nc2ncc(C(=O)O)c(C)n2n1. The second-order valence-electron chi connectivity index (χ2n) is 3.16. The van der Waals surface area contributed by atoms with E-state index in [1.807, 2.05) is 6.92 Å². The molecule has 0 saturated heterocycles. The van der Waals surface area contributed by atoms with Gasteiger partial charge in [0, 0.05) is 12.6 Å². The minimum absolute atomic E-state index is 0.148. The lowest BCUT2D eigenvalue weighted by Gasteiger charge is -2.00. The highest BCUT2D eigenvalue weighted by Crippen LogP contribution is 2.08. The van der Waals surface area contributed by atoms with Crippen LogP contribution in [0.1, 0.15) is 28.8 Å². The van der Waals surface area contributed by atoms with Gasteiger partial charge in [-0.3, -0.25) is 0 Å². The highest BCUT2D eigenvalue weighted by atomic mass is 16.4. The molecule has 15 heavy (non-hydrogen) atoms. The first-order valence-corrected chi connectivity index (χ1v) is 4.58. The molecule has 2 aromatic heterocycles. The maximum atomic E-state index is 10.8. The summed E-state index contributed by atoms with van der Waals surface area (Å²) in [6.07, 6.45) is 2.01. The van der Waals surface area contributed by atoms with Crippen LogP contribution in [0.25, 0.3) is 5.78 Å². The van der Waals surface area contributed by atoms with Crippen LogP contribution in [0.4, 0.5) is 0 Å². The van der Waals surface area contributed by atoms with Gasteiger partial charge in [-0.15, -0.1) is 5.10 Å². The number of rotatable bonds is 2. The van der Waals surface area contributed by atoms with E-state index in [2.05, 4.69) is 15.1 Å². The molecule has 0 bridgehead atoms. The minimum atomic E-state index is -1.00. The fourth-order valence-electron chi connectivity index (χ4n) is 1.34. The normalized spacial score (nSPS) is 10.8. The van der Waals surface area contributed by atoms with Gasteiger partial charge in [-0.25, -0.2) is 14.3 Å². The Morgan fingerprint density at radius 2 is 2.33 bits per heavy atom. The number of carbonyl (C=O) groups is 1. The summed E-state index contributed by atoms with van der Waals surface area (Å²) in [5.41, 5.74) is 0.690. The van der Waals surface area contributed by atoms with E-state index in [0.29, 0.717) is 23.7 Å². The summed E-state index contributed by atoms with van der Waals surface area (Å²) < 4.78 is 1.46. The quantitative estimate of drug-likeness (QED) is 0.782. The van der Waals surface area contributed by atoms with Crippen LogP contribution >= 0.6 is 0 Å². The topological polar surface area (TPSA) is 80.4 Å². The Labute approximate surface area is 85.6 Å². The zero-order chi connectivity index (χ0) is 11.0. The third-order valence-corrected chi connectivity index (χ3v) is 2.20. The first-order chi connectivity index (χ1) is 7.13. The number of nitrogens with zero attached hydrogens (tertiary/aromatic N) is 4. The van der Waals surface area contributed by atoms with Crippen LogP contribution in [0.5, 0.6) is 0 Å². The molecule has 0 saturated carbocycles. The number of fused-ring (bicyclic) bond motifs is 1. The number of hydrogen-bond donors (Lipinski definition) is 1. The molecule has 2 rings (SSSR count). The van der Waals surface area contributed by atoms with Crippen molar-refractivity contribution in [3.63, 3.8) is 0 Å². The summed E-state index contributed by atoms with van der Waals surface area (Å²) >= 11 is 0. The number of aromatic carboxylic acids is 1. The van der Waals surface area contributed by atoms with Crippen LogP contribution < -0.4 is 0 Å². The van der Waals surface area contributed by atoms with E-state index in [9.17, 15) is 4.79 Å².